The average Bonchev–Trinajstić information content (AvgIpc) is 2.86. The summed E-state index contributed by atoms with van der Waals surface area (Å²) in [6.45, 7) is 10.3. The zero-order valence-electron chi connectivity index (χ0n) is 21.2. The highest BCUT2D eigenvalue weighted by molar-refractivity contribution is 6.45. The van der Waals surface area contributed by atoms with Crippen molar-refractivity contribution in [2.75, 3.05) is 32.7 Å². The fourth-order valence-corrected chi connectivity index (χ4v) is 5.72. The summed E-state index contributed by atoms with van der Waals surface area (Å²) in [6.07, 6.45) is 4.40. The number of pyridine rings is 1. The quantitative estimate of drug-likeness (QED) is 0.582. The molecular formula is C27H38BClN4O2. The number of hydrogen-bond donors (Lipinski definition) is 1. The first kappa shape index (κ1) is 26.1. The highest BCUT2D eigenvalue weighted by Crippen LogP contribution is 2.32. The van der Waals surface area contributed by atoms with Gasteiger partial charge in [0, 0.05) is 43.3 Å². The van der Waals surface area contributed by atoms with E-state index in [1.54, 1.807) is 0 Å². The SMILES string of the molecule is CB(O)N1CCC(CC(=O)N2CCN(C(c3ccc(Cl)cc3)c3ccccn3)C[C@@H]2C(C)C)CC1. The molecule has 0 spiro atoms. The highest BCUT2D eigenvalue weighted by Gasteiger charge is 2.37. The predicted octanol–water partition coefficient (Wildman–Crippen LogP) is 4.21. The van der Waals surface area contributed by atoms with Gasteiger partial charge in [0.25, 0.3) is 0 Å². The van der Waals surface area contributed by atoms with Crippen LogP contribution in [0.3, 0.4) is 0 Å². The van der Waals surface area contributed by atoms with Gasteiger partial charge < -0.3 is 14.7 Å². The van der Waals surface area contributed by atoms with Gasteiger partial charge in [0.05, 0.1) is 11.7 Å². The third-order valence-corrected chi connectivity index (χ3v) is 7.95. The van der Waals surface area contributed by atoms with Crippen LogP contribution < -0.4 is 0 Å². The standard InChI is InChI=1S/C27H38BClN4O2/c1-20(2)25-19-31(27(24-6-4-5-13-30-24)22-7-9-23(29)10-8-22)16-17-33(25)26(34)18-21-11-14-32(15-12-21)28(3)35/h4-10,13,20-21,25,27,35H,11-12,14-19H2,1-3H3/t25-,27?/m1/s1. The van der Waals surface area contributed by atoms with E-state index in [1.165, 1.54) is 5.56 Å². The number of halogens is 1. The maximum absolute atomic E-state index is 13.5. The topological polar surface area (TPSA) is 59.9 Å². The number of benzene rings is 1. The summed E-state index contributed by atoms with van der Waals surface area (Å²) < 4.78 is 0. The van der Waals surface area contributed by atoms with Gasteiger partial charge in [0.2, 0.25) is 5.91 Å². The molecule has 188 valence electrons. The molecule has 35 heavy (non-hydrogen) atoms. The number of amides is 1. The molecule has 1 unspecified atom stereocenters. The summed E-state index contributed by atoms with van der Waals surface area (Å²) >= 11 is 6.18. The Morgan fingerprint density at radius 1 is 1.11 bits per heavy atom. The highest BCUT2D eigenvalue weighted by atomic mass is 35.5. The van der Waals surface area contributed by atoms with E-state index in [-0.39, 0.29) is 18.0 Å². The average molecular weight is 497 g/mol. The van der Waals surface area contributed by atoms with Gasteiger partial charge in [-0.1, -0.05) is 43.6 Å². The lowest BCUT2D eigenvalue weighted by Gasteiger charge is -2.46. The number of carbonyl (C=O) groups excluding carboxylic acids is 1. The van der Waals surface area contributed by atoms with Crippen molar-refractivity contribution < 1.29 is 9.82 Å². The van der Waals surface area contributed by atoms with Gasteiger partial charge in [-0.25, -0.2) is 0 Å². The number of rotatable bonds is 7. The summed E-state index contributed by atoms with van der Waals surface area (Å²) in [5, 5.41) is 10.6. The minimum atomic E-state index is -0.405. The summed E-state index contributed by atoms with van der Waals surface area (Å²) in [7, 11) is -0.405. The molecular weight excluding hydrogens is 459 g/mol. The van der Waals surface area contributed by atoms with E-state index in [2.05, 4.69) is 46.7 Å². The number of carbonyl (C=O) groups is 1. The van der Waals surface area contributed by atoms with Gasteiger partial charge in [0.15, 0.2) is 0 Å². The molecule has 1 aromatic heterocycles. The Morgan fingerprint density at radius 2 is 1.83 bits per heavy atom. The Labute approximate surface area is 215 Å². The van der Waals surface area contributed by atoms with Gasteiger partial charge in [-0.2, -0.15) is 0 Å². The predicted molar refractivity (Wildman–Crippen MR) is 142 cm³/mol. The number of piperazine rings is 1. The molecule has 8 heteroatoms. The van der Waals surface area contributed by atoms with Gasteiger partial charge in [-0.3, -0.25) is 14.7 Å². The molecule has 2 saturated heterocycles. The third-order valence-electron chi connectivity index (χ3n) is 7.70. The van der Waals surface area contributed by atoms with E-state index in [0.29, 0.717) is 18.3 Å². The van der Waals surface area contributed by atoms with E-state index < -0.39 is 7.05 Å². The van der Waals surface area contributed by atoms with Crippen LogP contribution in [0, 0.1) is 11.8 Å². The third kappa shape index (κ3) is 6.45. The van der Waals surface area contributed by atoms with Crippen LogP contribution in [0.25, 0.3) is 0 Å². The molecule has 6 nitrogen and oxygen atoms in total. The van der Waals surface area contributed by atoms with Gasteiger partial charge in [-0.15, -0.1) is 0 Å². The molecule has 0 saturated carbocycles. The molecule has 2 fully saturated rings. The molecule has 3 heterocycles. The lowest BCUT2D eigenvalue weighted by Crippen LogP contribution is -2.58. The summed E-state index contributed by atoms with van der Waals surface area (Å²) in [6, 6.07) is 14.3. The van der Waals surface area contributed by atoms with E-state index in [4.69, 9.17) is 16.6 Å². The number of nitrogens with zero attached hydrogens (tertiary/aromatic N) is 4. The van der Waals surface area contributed by atoms with Crippen molar-refractivity contribution in [3.05, 3.63) is 64.9 Å². The van der Waals surface area contributed by atoms with Crippen LogP contribution in [-0.4, -0.2) is 76.3 Å². The monoisotopic (exact) mass is 496 g/mol. The second-order valence-electron chi connectivity index (χ2n) is 10.4. The molecule has 2 atom stereocenters. The molecule has 0 aliphatic carbocycles. The van der Waals surface area contributed by atoms with Gasteiger partial charge in [-0.05, 0) is 74.4 Å². The normalized spacial score (nSPS) is 21.3. The largest absolute Gasteiger partial charge is 0.437 e. The Balaban J connectivity index is 1.47. The maximum Gasteiger partial charge on any atom is 0.376 e. The van der Waals surface area contributed by atoms with Crippen molar-refractivity contribution >= 4 is 24.6 Å². The van der Waals surface area contributed by atoms with E-state index in [1.807, 2.05) is 37.3 Å². The van der Waals surface area contributed by atoms with Crippen LogP contribution in [0.4, 0.5) is 0 Å². The van der Waals surface area contributed by atoms with E-state index in [9.17, 15) is 9.82 Å². The molecule has 1 aromatic carbocycles. The number of piperidine rings is 1. The summed E-state index contributed by atoms with van der Waals surface area (Å²) in [5.41, 5.74) is 2.18. The fourth-order valence-electron chi connectivity index (χ4n) is 5.59. The Hall–Kier alpha value is -1.93. The van der Waals surface area contributed by atoms with E-state index in [0.717, 1.165) is 56.3 Å². The van der Waals surface area contributed by atoms with Gasteiger partial charge >= 0.3 is 7.05 Å². The second kappa shape index (κ2) is 11.9. The van der Waals surface area contributed by atoms with Crippen molar-refractivity contribution in [2.45, 2.75) is 52.0 Å². The second-order valence-corrected chi connectivity index (χ2v) is 10.9. The summed E-state index contributed by atoms with van der Waals surface area (Å²) in [4.78, 5) is 24.9. The van der Waals surface area contributed by atoms with Crippen LogP contribution in [0.1, 0.15) is 50.4 Å². The van der Waals surface area contributed by atoms with E-state index >= 15 is 0 Å². The first-order valence-electron chi connectivity index (χ1n) is 13.0. The Bertz CT molecular complexity index is 951. The maximum atomic E-state index is 13.5. The smallest absolute Gasteiger partial charge is 0.376 e. The molecule has 2 aliphatic heterocycles. The van der Waals surface area contributed by atoms with Crippen molar-refractivity contribution in [2.24, 2.45) is 11.8 Å². The lowest BCUT2D eigenvalue weighted by atomic mass is 9.80. The Kier molecular flexibility index (Phi) is 8.87. The summed E-state index contributed by atoms with van der Waals surface area (Å²) in [5.74, 6) is 1.03. The zero-order valence-corrected chi connectivity index (χ0v) is 21.9. The van der Waals surface area contributed by atoms with Crippen molar-refractivity contribution in [1.82, 2.24) is 19.6 Å². The first-order chi connectivity index (χ1) is 16.8. The van der Waals surface area contributed by atoms with Crippen LogP contribution in [0.5, 0.6) is 0 Å². The molecule has 0 radical (unpaired) electrons. The zero-order chi connectivity index (χ0) is 24.9. The Morgan fingerprint density at radius 3 is 2.43 bits per heavy atom. The van der Waals surface area contributed by atoms with Crippen LogP contribution >= 0.6 is 11.6 Å². The molecule has 4 rings (SSSR count). The van der Waals surface area contributed by atoms with Crippen molar-refractivity contribution in [3.8, 4) is 0 Å². The van der Waals surface area contributed by atoms with Crippen LogP contribution in [-0.2, 0) is 4.79 Å². The fraction of sp³-hybridized carbons (Fsp3) is 0.556. The lowest BCUT2D eigenvalue weighted by molar-refractivity contribution is -0.139. The number of hydrogen-bond acceptors (Lipinski definition) is 5. The molecule has 1 N–H and O–H groups in total. The van der Waals surface area contributed by atoms with Crippen molar-refractivity contribution in [1.29, 1.82) is 0 Å². The first-order valence-corrected chi connectivity index (χ1v) is 13.3. The molecule has 0 bridgehead atoms. The molecule has 2 aliphatic rings. The van der Waals surface area contributed by atoms with Crippen LogP contribution in [0.15, 0.2) is 48.7 Å². The number of aromatic nitrogens is 1. The van der Waals surface area contributed by atoms with Gasteiger partial charge in [0.1, 0.15) is 0 Å². The minimum absolute atomic E-state index is 0.0248. The molecule has 1 amide bonds. The van der Waals surface area contributed by atoms with Crippen LogP contribution in [0.2, 0.25) is 11.8 Å². The van der Waals surface area contributed by atoms with Crippen molar-refractivity contribution in [3.63, 3.8) is 0 Å². The molecule has 2 aromatic rings. The minimum Gasteiger partial charge on any atom is -0.437 e.